The van der Waals surface area contributed by atoms with Gasteiger partial charge in [-0.1, -0.05) is 44.2 Å². The first kappa shape index (κ1) is 14.7. The summed E-state index contributed by atoms with van der Waals surface area (Å²) in [5.41, 5.74) is 7.09. The molecule has 100 valence electrons. The number of carbonyl (C=O) groups is 1. The molecule has 0 fully saturated rings. The Morgan fingerprint density at radius 2 is 2.00 bits per heavy atom. The van der Waals surface area contributed by atoms with Crippen molar-refractivity contribution in [2.24, 2.45) is 11.7 Å². The summed E-state index contributed by atoms with van der Waals surface area (Å²) < 4.78 is 0. The van der Waals surface area contributed by atoms with Gasteiger partial charge in [-0.25, -0.2) is 5.06 Å². The maximum Gasteiger partial charge on any atom is 0.250 e. The first-order valence-electron chi connectivity index (χ1n) is 6.27. The summed E-state index contributed by atoms with van der Waals surface area (Å²) in [6.45, 7) is 4.42. The highest BCUT2D eigenvalue weighted by atomic mass is 16.7. The quantitative estimate of drug-likeness (QED) is 0.787. The monoisotopic (exact) mass is 250 g/mol. The number of rotatable bonds is 6. The van der Waals surface area contributed by atoms with Gasteiger partial charge in [-0.05, 0) is 12.0 Å². The summed E-state index contributed by atoms with van der Waals surface area (Å²) in [4.78, 5) is 17.3. The molecule has 1 aromatic rings. The van der Waals surface area contributed by atoms with E-state index in [-0.39, 0.29) is 17.9 Å². The van der Waals surface area contributed by atoms with Crippen molar-refractivity contribution >= 4 is 5.91 Å². The lowest BCUT2D eigenvalue weighted by Gasteiger charge is -2.26. The van der Waals surface area contributed by atoms with Gasteiger partial charge in [0.15, 0.2) is 0 Å². The van der Waals surface area contributed by atoms with Crippen LogP contribution in [0.1, 0.15) is 31.9 Å². The molecule has 0 bridgehead atoms. The fraction of sp³-hybridized carbons (Fsp3) is 0.500. The van der Waals surface area contributed by atoms with E-state index >= 15 is 0 Å². The average molecular weight is 250 g/mol. The molecule has 0 aliphatic heterocycles. The Bertz CT molecular complexity index is 367. The fourth-order valence-electron chi connectivity index (χ4n) is 1.84. The molecule has 2 atom stereocenters. The summed E-state index contributed by atoms with van der Waals surface area (Å²) >= 11 is 0. The standard InChI is InChI=1S/C14H22N2O2/c1-4-10-16(18-3)14(17)11(2)13(15)12-8-6-5-7-9-12/h5-9,11,13H,4,10,15H2,1-3H3. The van der Waals surface area contributed by atoms with Crippen molar-refractivity contribution in [3.8, 4) is 0 Å². The van der Waals surface area contributed by atoms with Crippen molar-refractivity contribution in [2.75, 3.05) is 13.7 Å². The average Bonchev–Trinajstić information content (AvgIpc) is 2.43. The number of nitrogens with zero attached hydrogens (tertiary/aromatic N) is 1. The second-order valence-corrected chi connectivity index (χ2v) is 4.35. The molecule has 0 aliphatic rings. The molecule has 1 rings (SSSR count). The highest BCUT2D eigenvalue weighted by Gasteiger charge is 2.26. The van der Waals surface area contributed by atoms with Crippen molar-refractivity contribution in [2.45, 2.75) is 26.3 Å². The predicted molar refractivity (Wildman–Crippen MR) is 71.5 cm³/mol. The van der Waals surface area contributed by atoms with E-state index in [2.05, 4.69) is 0 Å². The van der Waals surface area contributed by atoms with Crippen LogP contribution in [0.5, 0.6) is 0 Å². The van der Waals surface area contributed by atoms with E-state index < -0.39 is 0 Å². The molecule has 4 heteroatoms. The minimum absolute atomic E-state index is 0.0734. The zero-order chi connectivity index (χ0) is 13.5. The highest BCUT2D eigenvalue weighted by Crippen LogP contribution is 2.21. The molecule has 0 aromatic heterocycles. The summed E-state index contributed by atoms with van der Waals surface area (Å²) in [5.74, 6) is -0.380. The second-order valence-electron chi connectivity index (χ2n) is 4.35. The van der Waals surface area contributed by atoms with Crippen LogP contribution in [-0.2, 0) is 9.63 Å². The van der Waals surface area contributed by atoms with Crippen LogP contribution in [0.25, 0.3) is 0 Å². The smallest absolute Gasteiger partial charge is 0.250 e. The van der Waals surface area contributed by atoms with Crippen molar-refractivity contribution in [1.29, 1.82) is 0 Å². The summed E-state index contributed by atoms with van der Waals surface area (Å²) in [7, 11) is 1.51. The maximum atomic E-state index is 12.2. The Balaban J connectivity index is 2.74. The molecule has 1 aromatic carbocycles. The van der Waals surface area contributed by atoms with Crippen LogP contribution in [0.4, 0.5) is 0 Å². The van der Waals surface area contributed by atoms with Gasteiger partial charge in [-0.2, -0.15) is 0 Å². The van der Waals surface area contributed by atoms with E-state index in [1.54, 1.807) is 0 Å². The number of hydrogen-bond acceptors (Lipinski definition) is 3. The van der Waals surface area contributed by atoms with E-state index in [4.69, 9.17) is 10.6 Å². The van der Waals surface area contributed by atoms with Crippen molar-refractivity contribution in [3.05, 3.63) is 35.9 Å². The van der Waals surface area contributed by atoms with Crippen molar-refractivity contribution in [1.82, 2.24) is 5.06 Å². The van der Waals surface area contributed by atoms with Crippen molar-refractivity contribution < 1.29 is 9.63 Å². The molecule has 0 saturated carbocycles. The molecule has 18 heavy (non-hydrogen) atoms. The van der Waals surface area contributed by atoms with Gasteiger partial charge in [0.1, 0.15) is 0 Å². The molecule has 0 radical (unpaired) electrons. The van der Waals surface area contributed by atoms with E-state index in [0.717, 1.165) is 12.0 Å². The lowest BCUT2D eigenvalue weighted by molar-refractivity contribution is -0.181. The first-order valence-corrected chi connectivity index (χ1v) is 6.27. The van der Waals surface area contributed by atoms with Crippen LogP contribution in [0.15, 0.2) is 30.3 Å². The van der Waals surface area contributed by atoms with Gasteiger partial charge < -0.3 is 5.73 Å². The number of nitrogens with two attached hydrogens (primary N) is 1. The molecule has 0 saturated heterocycles. The largest absolute Gasteiger partial charge is 0.323 e. The van der Waals surface area contributed by atoms with Crippen LogP contribution in [-0.4, -0.2) is 24.6 Å². The van der Waals surface area contributed by atoms with Gasteiger partial charge in [0.05, 0.1) is 13.0 Å². The Kier molecular flexibility index (Phi) is 5.82. The van der Waals surface area contributed by atoms with Gasteiger partial charge in [-0.3, -0.25) is 9.63 Å². The van der Waals surface area contributed by atoms with Gasteiger partial charge in [0.2, 0.25) is 0 Å². The molecule has 0 spiro atoms. The number of carbonyl (C=O) groups excluding carboxylic acids is 1. The molecule has 2 unspecified atom stereocenters. The zero-order valence-electron chi connectivity index (χ0n) is 11.3. The second kappa shape index (κ2) is 7.13. The van der Waals surface area contributed by atoms with Gasteiger partial charge in [0, 0.05) is 12.6 Å². The number of benzene rings is 1. The molecular formula is C14H22N2O2. The number of hydrogen-bond donors (Lipinski definition) is 1. The third-order valence-electron chi connectivity index (χ3n) is 3.01. The molecule has 4 nitrogen and oxygen atoms in total. The maximum absolute atomic E-state index is 12.2. The minimum atomic E-state index is -0.312. The SMILES string of the molecule is CCCN(OC)C(=O)C(C)C(N)c1ccccc1. The number of hydroxylamine groups is 2. The van der Waals surface area contributed by atoms with Crippen molar-refractivity contribution in [3.63, 3.8) is 0 Å². The Morgan fingerprint density at radius 3 is 2.50 bits per heavy atom. The van der Waals surface area contributed by atoms with Crippen LogP contribution in [0.3, 0.4) is 0 Å². The van der Waals surface area contributed by atoms with Crippen LogP contribution >= 0.6 is 0 Å². The zero-order valence-corrected chi connectivity index (χ0v) is 11.3. The van der Waals surface area contributed by atoms with Gasteiger partial charge >= 0.3 is 0 Å². The number of amides is 1. The van der Waals surface area contributed by atoms with Crippen LogP contribution in [0.2, 0.25) is 0 Å². The van der Waals surface area contributed by atoms with E-state index in [1.807, 2.05) is 44.2 Å². The fourth-order valence-corrected chi connectivity index (χ4v) is 1.84. The third kappa shape index (κ3) is 3.55. The molecule has 2 N–H and O–H groups in total. The van der Waals surface area contributed by atoms with Gasteiger partial charge in [-0.15, -0.1) is 0 Å². The molecule has 0 heterocycles. The predicted octanol–water partition coefficient (Wildman–Crippen LogP) is 2.12. The third-order valence-corrected chi connectivity index (χ3v) is 3.01. The molecule has 0 aliphatic carbocycles. The normalized spacial score (nSPS) is 14.0. The molecule has 1 amide bonds. The van der Waals surface area contributed by atoms with E-state index in [1.165, 1.54) is 12.2 Å². The Morgan fingerprint density at radius 1 is 1.39 bits per heavy atom. The minimum Gasteiger partial charge on any atom is -0.323 e. The lowest BCUT2D eigenvalue weighted by atomic mass is 9.94. The molecular weight excluding hydrogens is 228 g/mol. The van der Waals surface area contributed by atoms with E-state index in [0.29, 0.717) is 6.54 Å². The topological polar surface area (TPSA) is 55.6 Å². The van der Waals surface area contributed by atoms with Crippen LogP contribution < -0.4 is 5.73 Å². The Labute approximate surface area is 109 Å². The summed E-state index contributed by atoms with van der Waals surface area (Å²) in [6.07, 6.45) is 0.854. The first-order chi connectivity index (χ1) is 8.61. The lowest BCUT2D eigenvalue weighted by Crippen LogP contribution is -2.39. The van der Waals surface area contributed by atoms with E-state index in [9.17, 15) is 4.79 Å². The summed E-state index contributed by atoms with van der Waals surface area (Å²) in [6, 6.07) is 9.34. The highest BCUT2D eigenvalue weighted by molar-refractivity contribution is 5.78. The van der Waals surface area contributed by atoms with Gasteiger partial charge in [0.25, 0.3) is 5.91 Å². The van der Waals surface area contributed by atoms with Crippen LogP contribution in [0, 0.1) is 5.92 Å². The summed E-state index contributed by atoms with van der Waals surface area (Å²) in [5, 5.41) is 1.38. The Hall–Kier alpha value is -1.39.